The molecule has 0 fully saturated rings. The van der Waals surface area contributed by atoms with Crippen molar-refractivity contribution in [2.24, 2.45) is 0 Å². The number of ether oxygens (including phenoxy) is 1. The first-order valence-electron chi connectivity index (χ1n) is 6.67. The molecule has 0 bridgehead atoms. The fourth-order valence-electron chi connectivity index (χ4n) is 2.03. The van der Waals surface area contributed by atoms with Gasteiger partial charge in [-0.15, -0.1) is 0 Å². The molecule has 0 saturated heterocycles. The highest BCUT2D eigenvalue weighted by molar-refractivity contribution is 9.10. The van der Waals surface area contributed by atoms with Gasteiger partial charge in [0.25, 0.3) is 0 Å². The average Bonchev–Trinajstić information content (AvgIpc) is 2.44. The smallest absolute Gasteiger partial charge is 0.160 e. The highest BCUT2D eigenvalue weighted by Crippen LogP contribution is 2.35. The molecule has 1 aromatic heterocycles. The average molecular weight is 390 g/mol. The molecule has 0 aliphatic heterocycles. The van der Waals surface area contributed by atoms with Crippen LogP contribution in [0.4, 0.5) is 0 Å². The maximum absolute atomic E-state index is 6.32. The summed E-state index contributed by atoms with van der Waals surface area (Å²) >= 11 is 16.1. The van der Waals surface area contributed by atoms with Crippen molar-refractivity contribution in [3.63, 3.8) is 0 Å². The van der Waals surface area contributed by atoms with Crippen LogP contribution in [0.1, 0.15) is 32.2 Å². The molecule has 3 nitrogen and oxygen atoms in total. The van der Waals surface area contributed by atoms with Crippen molar-refractivity contribution in [2.75, 3.05) is 6.61 Å². The molecule has 2 aromatic rings. The summed E-state index contributed by atoms with van der Waals surface area (Å²) in [5.41, 5.74) is 1.50. The van der Waals surface area contributed by atoms with Crippen molar-refractivity contribution >= 4 is 39.1 Å². The van der Waals surface area contributed by atoms with Crippen LogP contribution in [-0.2, 0) is 4.74 Å². The molecule has 0 spiro atoms. The largest absolute Gasteiger partial charge is 0.371 e. The van der Waals surface area contributed by atoms with E-state index in [0.29, 0.717) is 28.3 Å². The van der Waals surface area contributed by atoms with Gasteiger partial charge in [-0.25, -0.2) is 9.97 Å². The van der Waals surface area contributed by atoms with Crippen molar-refractivity contribution in [3.05, 3.63) is 44.9 Å². The van der Waals surface area contributed by atoms with E-state index in [4.69, 9.17) is 27.9 Å². The van der Waals surface area contributed by atoms with Gasteiger partial charge in [0, 0.05) is 11.1 Å². The molecule has 1 atom stereocenters. The quantitative estimate of drug-likeness (QED) is 0.615. The summed E-state index contributed by atoms with van der Waals surface area (Å²) in [5.74, 6) is 0.521. The van der Waals surface area contributed by atoms with Gasteiger partial charge < -0.3 is 4.74 Å². The third-order valence-electron chi connectivity index (χ3n) is 2.98. The SMILES string of the molecule is CCOC(CC)c1nc(Cl)c(-c2cccc(Br)c2)c(Cl)n1. The van der Waals surface area contributed by atoms with E-state index in [0.717, 1.165) is 16.5 Å². The van der Waals surface area contributed by atoms with Gasteiger partial charge in [0.2, 0.25) is 0 Å². The highest BCUT2D eigenvalue weighted by atomic mass is 79.9. The van der Waals surface area contributed by atoms with E-state index < -0.39 is 0 Å². The summed E-state index contributed by atoms with van der Waals surface area (Å²) in [6.45, 7) is 4.53. The minimum Gasteiger partial charge on any atom is -0.371 e. The summed E-state index contributed by atoms with van der Waals surface area (Å²) in [7, 11) is 0. The zero-order valence-electron chi connectivity index (χ0n) is 11.7. The standard InChI is InChI=1S/C15H15BrCl2N2O/c1-3-11(21-4-2)15-19-13(17)12(14(18)20-15)9-6-5-7-10(16)8-9/h5-8,11H,3-4H2,1-2H3. The molecule has 0 saturated carbocycles. The summed E-state index contributed by atoms with van der Waals surface area (Å²) in [6.07, 6.45) is 0.568. The second-order valence-corrected chi connectivity index (χ2v) is 6.03. The van der Waals surface area contributed by atoms with Crippen molar-refractivity contribution in [1.29, 1.82) is 0 Å². The highest BCUT2D eigenvalue weighted by Gasteiger charge is 2.19. The van der Waals surface area contributed by atoms with Crippen LogP contribution in [0, 0.1) is 0 Å². The van der Waals surface area contributed by atoms with E-state index in [2.05, 4.69) is 25.9 Å². The summed E-state index contributed by atoms with van der Waals surface area (Å²) in [4.78, 5) is 8.72. The summed E-state index contributed by atoms with van der Waals surface area (Å²) in [5, 5.41) is 0.669. The predicted molar refractivity (Wildman–Crippen MR) is 89.8 cm³/mol. The van der Waals surface area contributed by atoms with Gasteiger partial charge in [0.05, 0.1) is 5.56 Å². The van der Waals surface area contributed by atoms with Gasteiger partial charge in [0.15, 0.2) is 5.82 Å². The van der Waals surface area contributed by atoms with E-state index in [1.165, 1.54) is 0 Å². The molecule has 6 heteroatoms. The van der Waals surface area contributed by atoms with Crippen molar-refractivity contribution < 1.29 is 4.74 Å². The summed E-state index contributed by atoms with van der Waals surface area (Å²) < 4.78 is 6.54. The Balaban J connectivity index is 2.47. The molecule has 1 aromatic carbocycles. The Morgan fingerprint density at radius 2 is 1.86 bits per heavy atom. The normalized spacial score (nSPS) is 12.4. The fourth-order valence-corrected chi connectivity index (χ4v) is 3.04. The molecular weight excluding hydrogens is 375 g/mol. The Kier molecular flexibility index (Phi) is 5.99. The van der Waals surface area contributed by atoms with E-state index in [9.17, 15) is 0 Å². The van der Waals surface area contributed by atoms with E-state index in [-0.39, 0.29) is 6.10 Å². The van der Waals surface area contributed by atoms with Crippen molar-refractivity contribution in [1.82, 2.24) is 9.97 Å². The minimum atomic E-state index is -0.193. The third-order valence-corrected chi connectivity index (χ3v) is 4.02. The Hall–Kier alpha value is -0.680. The van der Waals surface area contributed by atoms with Gasteiger partial charge in [-0.05, 0) is 31.0 Å². The van der Waals surface area contributed by atoms with Crippen LogP contribution in [0.5, 0.6) is 0 Å². The molecule has 0 amide bonds. The maximum Gasteiger partial charge on any atom is 0.160 e. The molecule has 0 aliphatic rings. The molecule has 1 unspecified atom stereocenters. The van der Waals surface area contributed by atoms with Crippen LogP contribution >= 0.6 is 39.1 Å². The number of hydrogen-bond donors (Lipinski definition) is 0. The number of aromatic nitrogens is 2. The minimum absolute atomic E-state index is 0.193. The van der Waals surface area contributed by atoms with E-state index in [1.807, 2.05) is 38.1 Å². The topological polar surface area (TPSA) is 35.0 Å². The van der Waals surface area contributed by atoms with E-state index in [1.54, 1.807) is 0 Å². The maximum atomic E-state index is 6.32. The van der Waals surface area contributed by atoms with Gasteiger partial charge in [0.1, 0.15) is 16.4 Å². The molecule has 1 heterocycles. The van der Waals surface area contributed by atoms with Gasteiger partial charge in [-0.1, -0.05) is 58.2 Å². The van der Waals surface area contributed by atoms with Crippen molar-refractivity contribution in [3.8, 4) is 11.1 Å². The predicted octanol–water partition coefficient (Wildman–Crippen LogP) is 5.70. The Labute approximate surface area is 142 Å². The lowest BCUT2D eigenvalue weighted by Gasteiger charge is -2.15. The number of nitrogens with zero attached hydrogens (tertiary/aromatic N) is 2. The second-order valence-electron chi connectivity index (χ2n) is 4.40. The molecule has 2 rings (SSSR count). The number of halogens is 3. The molecule has 21 heavy (non-hydrogen) atoms. The lowest BCUT2D eigenvalue weighted by Crippen LogP contribution is -2.09. The first-order valence-corrected chi connectivity index (χ1v) is 8.22. The van der Waals surface area contributed by atoms with Crippen LogP contribution in [0.2, 0.25) is 10.3 Å². The molecule has 0 N–H and O–H groups in total. The van der Waals surface area contributed by atoms with Gasteiger partial charge >= 0.3 is 0 Å². The lowest BCUT2D eigenvalue weighted by atomic mass is 10.1. The molecule has 112 valence electrons. The Morgan fingerprint density at radius 3 is 2.38 bits per heavy atom. The fraction of sp³-hybridized carbons (Fsp3) is 0.333. The van der Waals surface area contributed by atoms with Crippen molar-refractivity contribution in [2.45, 2.75) is 26.4 Å². The van der Waals surface area contributed by atoms with Gasteiger partial charge in [-0.3, -0.25) is 0 Å². The van der Waals surface area contributed by atoms with E-state index >= 15 is 0 Å². The van der Waals surface area contributed by atoms with Crippen LogP contribution in [-0.4, -0.2) is 16.6 Å². The lowest BCUT2D eigenvalue weighted by molar-refractivity contribution is 0.0535. The van der Waals surface area contributed by atoms with Crippen LogP contribution in [0.3, 0.4) is 0 Å². The van der Waals surface area contributed by atoms with Crippen LogP contribution < -0.4 is 0 Å². The Bertz CT molecular complexity index is 614. The second kappa shape index (κ2) is 7.54. The molecular formula is C15H15BrCl2N2O. The third kappa shape index (κ3) is 3.95. The first-order chi connectivity index (χ1) is 10.1. The molecule has 0 radical (unpaired) electrons. The summed E-state index contributed by atoms with van der Waals surface area (Å²) in [6, 6.07) is 7.69. The first kappa shape index (κ1) is 16.7. The van der Waals surface area contributed by atoms with Crippen LogP contribution in [0.15, 0.2) is 28.7 Å². The number of rotatable bonds is 5. The molecule has 0 aliphatic carbocycles. The van der Waals surface area contributed by atoms with Crippen LogP contribution in [0.25, 0.3) is 11.1 Å². The Morgan fingerprint density at radius 1 is 1.19 bits per heavy atom. The zero-order chi connectivity index (χ0) is 15.4. The monoisotopic (exact) mass is 388 g/mol. The van der Waals surface area contributed by atoms with Gasteiger partial charge in [-0.2, -0.15) is 0 Å². The number of benzene rings is 1. The number of hydrogen-bond acceptors (Lipinski definition) is 3. The zero-order valence-corrected chi connectivity index (χ0v) is 14.8.